The van der Waals surface area contributed by atoms with Crippen LogP contribution in [-0.2, 0) is 6.54 Å². The quantitative estimate of drug-likeness (QED) is 0.901. The van der Waals surface area contributed by atoms with Gasteiger partial charge >= 0.3 is 5.97 Å². The standard InChI is InChI=1S/C14H13NO3S/c1-9-7-19-8-12(9)13(16)15-6-10-2-4-11(5-3-10)14(17)18/h2-5,7-8H,6H2,1H3,(H,15,16)(H,17,18). The van der Waals surface area contributed by atoms with E-state index in [0.29, 0.717) is 12.1 Å². The second kappa shape index (κ2) is 5.67. The first-order valence-electron chi connectivity index (χ1n) is 5.71. The molecule has 19 heavy (non-hydrogen) atoms. The first-order chi connectivity index (χ1) is 9.08. The van der Waals surface area contributed by atoms with E-state index in [2.05, 4.69) is 5.32 Å². The van der Waals surface area contributed by atoms with Crippen molar-refractivity contribution in [2.45, 2.75) is 13.5 Å². The average Bonchev–Trinajstić information content (AvgIpc) is 2.83. The summed E-state index contributed by atoms with van der Waals surface area (Å²) in [5.74, 6) is -1.06. The minimum absolute atomic E-state index is 0.110. The van der Waals surface area contributed by atoms with Crippen molar-refractivity contribution in [1.29, 1.82) is 0 Å². The van der Waals surface area contributed by atoms with E-state index in [1.165, 1.54) is 23.5 Å². The third kappa shape index (κ3) is 3.20. The van der Waals surface area contributed by atoms with Gasteiger partial charge < -0.3 is 10.4 Å². The molecule has 5 heteroatoms. The summed E-state index contributed by atoms with van der Waals surface area (Å²) < 4.78 is 0. The number of aromatic carboxylic acids is 1. The molecule has 0 aliphatic rings. The molecule has 1 heterocycles. The van der Waals surface area contributed by atoms with Gasteiger partial charge in [-0.3, -0.25) is 4.79 Å². The summed E-state index contributed by atoms with van der Waals surface area (Å²) in [6.07, 6.45) is 0. The van der Waals surface area contributed by atoms with Gasteiger partial charge in [-0.05, 0) is 35.6 Å². The van der Waals surface area contributed by atoms with Crippen molar-refractivity contribution < 1.29 is 14.7 Å². The summed E-state index contributed by atoms with van der Waals surface area (Å²) in [6, 6.07) is 6.45. The Balaban J connectivity index is 1.97. The lowest BCUT2D eigenvalue weighted by atomic mass is 10.1. The molecule has 0 fully saturated rings. The molecule has 0 bridgehead atoms. The summed E-state index contributed by atoms with van der Waals surface area (Å²) >= 11 is 1.50. The number of nitrogens with one attached hydrogen (secondary N) is 1. The fraction of sp³-hybridized carbons (Fsp3) is 0.143. The summed E-state index contributed by atoms with van der Waals surface area (Å²) in [5.41, 5.74) is 2.76. The molecule has 0 radical (unpaired) electrons. The SMILES string of the molecule is Cc1cscc1C(=O)NCc1ccc(C(=O)O)cc1. The molecule has 4 nitrogen and oxygen atoms in total. The van der Waals surface area contributed by atoms with Crippen molar-refractivity contribution in [3.63, 3.8) is 0 Å². The monoisotopic (exact) mass is 275 g/mol. The van der Waals surface area contributed by atoms with E-state index in [0.717, 1.165) is 11.1 Å². The second-order valence-corrected chi connectivity index (χ2v) is 4.90. The van der Waals surface area contributed by atoms with Crippen LogP contribution in [0.3, 0.4) is 0 Å². The molecule has 0 aliphatic heterocycles. The molecule has 98 valence electrons. The Kier molecular flexibility index (Phi) is 3.97. The molecular weight excluding hydrogens is 262 g/mol. The number of hydrogen-bond acceptors (Lipinski definition) is 3. The second-order valence-electron chi connectivity index (χ2n) is 4.15. The number of carbonyl (C=O) groups is 2. The molecule has 0 spiro atoms. The number of aryl methyl sites for hydroxylation is 1. The summed E-state index contributed by atoms with van der Waals surface area (Å²) in [7, 11) is 0. The Hall–Kier alpha value is -2.14. The molecule has 1 aromatic heterocycles. The van der Waals surface area contributed by atoms with Gasteiger partial charge in [-0.15, -0.1) is 0 Å². The largest absolute Gasteiger partial charge is 0.478 e. The maximum atomic E-state index is 11.9. The van der Waals surface area contributed by atoms with E-state index in [1.807, 2.05) is 17.7 Å². The van der Waals surface area contributed by atoms with Crippen LogP contribution in [0.25, 0.3) is 0 Å². The van der Waals surface area contributed by atoms with Crippen LogP contribution in [0, 0.1) is 6.92 Å². The van der Waals surface area contributed by atoms with Gasteiger partial charge in [0.2, 0.25) is 0 Å². The third-order valence-electron chi connectivity index (χ3n) is 2.75. The normalized spacial score (nSPS) is 10.2. The number of carbonyl (C=O) groups excluding carboxylic acids is 1. The van der Waals surface area contributed by atoms with Crippen LogP contribution < -0.4 is 5.32 Å². The molecule has 2 aromatic rings. The van der Waals surface area contributed by atoms with Gasteiger partial charge in [0.15, 0.2) is 0 Å². The zero-order valence-corrected chi connectivity index (χ0v) is 11.2. The topological polar surface area (TPSA) is 66.4 Å². The minimum atomic E-state index is -0.954. The number of carboxylic acids is 1. The van der Waals surface area contributed by atoms with Crippen LogP contribution in [0.1, 0.15) is 31.8 Å². The van der Waals surface area contributed by atoms with E-state index in [4.69, 9.17) is 5.11 Å². The van der Waals surface area contributed by atoms with Crippen LogP contribution in [0.2, 0.25) is 0 Å². The number of carboxylic acid groups (broad SMARTS) is 1. The van der Waals surface area contributed by atoms with Crippen LogP contribution in [0.15, 0.2) is 35.0 Å². The minimum Gasteiger partial charge on any atom is -0.478 e. The van der Waals surface area contributed by atoms with E-state index < -0.39 is 5.97 Å². The Morgan fingerprint density at radius 3 is 2.42 bits per heavy atom. The third-order valence-corrected chi connectivity index (χ3v) is 3.62. The first kappa shape index (κ1) is 13.3. The highest BCUT2D eigenvalue weighted by Gasteiger charge is 2.09. The summed E-state index contributed by atoms with van der Waals surface area (Å²) in [6.45, 7) is 2.28. The Morgan fingerprint density at radius 1 is 1.21 bits per heavy atom. The first-order valence-corrected chi connectivity index (χ1v) is 6.65. The van der Waals surface area contributed by atoms with Gasteiger partial charge in [0, 0.05) is 11.9 Å². The van der Waals surface area contributed by atoms with Gasteiger partial charge in [-0.2, -0.15) is 11.3 Å². The van der Waals surface area contributed by atoms with Crippen molar-refractivity contribution in [3.8, 4) is 0 Å². The van der Waals surface area contributed by atoms with Crippen LogP contribution in [-0.4, -0.2) is 17.0 Å². The lowest BCUT2D eigenvalue weighted by molar-refractivity contribution is 0.0696. The maximum Gasteiger partial charge on any atom is 0.335 e. The molecule has 1 amide bonds. The van der Waals surface area contributed by atoms with Crippen molar-refractivity contribution in [1.82, 2.24) is 5.32 Å². The number of benzene rings is 1. The predicted octanol–water partition coefficient (Wildman–Crippen LogP) is 2.68. The van der Waals surface area contributed by atoms with Crippen molar-refractivity contribution >= 4 is 23.2 Å². The fourth-order valence-corrected chi connectivity index (χ4v) is 2.46. The molecule has 2 rings (SSSR count). The fourth-order valence-electron chi connectivity index (χ4n) is 1.64. The molecule has 0 atom stereocenters. The van der Waals surface area contributed by atoms with Gasteiger partial charge in [0.1, 0.15) is 0 Å². The van der Waals surface area contributed by atoms with E-state index in [-0.39, 0.29) is 11.5 Å². The number of thiophene rings is 1. The molecule has 0 saturated heterocycles. The van der Waals surface area contributed by atoms with Crippen LogP contribution in [0.5, 0.6) is 0 Å². The van der Waals surface area contributed by atoms with Gasteiger partial charge in [0.05, 0.1) is 11.1 Å². The molecule has 0 unspecified atom stereocenters. The zero-order valence-electron chi connectivity index (χ0n) is 10.3. The summed E-state index contributed by atoms with van der Waals surface area (Å²) in [4.78, 5) is 22.6. The highest BCUT2D eigenvalue weighted by Crippen LogP contribution is 2.13. The lowest BCUT2D eigenvalue weighted by Crippen LogP contribution is -2.22. The van der Waals surface area contributed by atoms with E-state index in [9.17, 15) is 9.59 Å². The highest BCUT2D eigenvalue weighted by molar-refractivity contribution is 7.08. The Morgan fingerprint density at radius 2 is 1.89 bits per heavy atom. The Bertz CT molecular complexity index is 601. The number of rotatable bonds is 4. The molecule has 2 N–H and O–H groups in total. The van der Waals surface area contributed by atoms with Crippen LogP contribution >= 0.6 is 11.3 Å². The smallest absolute Gasteiger partial charge is 0.335 e. The van der Waals surface area contributed by atoms with Gasteiger partial charge in [-0.1, -0.05) is 12.1 Å². The number of hydrogen-bond donors (Lipinski definition) is 2. The van der Waals surface area contributed by atoms with Crippen molar-refractivity contribution in [3.05, 3.63) is 57.3 Å². The zero-order chi connectivity index (χ0) is 13.8. The van der Waals surface area contributed by atoms with Crippen LogP contribution in [0.4, 0.5) is 0 Å². The summed E-state index contributed by atoms with van der Waals surface area (Å²) in [5, 5.41) is 15.3. The lowest BCUT2D eigenvalue weighted by Gasteiger charge is -2.05. The highest BCUT2D eigenvalue weighted by atomic mass is 32.1. The van der Waals surface area contributed by atoms with Gasteiger partial charge in [-0.25, -0.2) is 4.79 Å². The van der Waals surface area contributed by atoms with Crippen molar-refractivity contribution in [2.75, 3.05) is 0 Å². The molecular formula is C14H13NO3S. The van der Waals surface area contributed by atoms with Crippen molar-refractivity contribution in [2.24, 2.45) is 0 Å². The van der Waals surface area contributed by atoms with Gasteiger partial charge in [0.25, 0.3) is 5.91 Å². The van der Waals surface area contributed by atoms with E-state index >= 15 is 0 Å². The number of amides is 1. The molecule has 0 saturated carbocycles. The average molecular weight is 275 g/mol. The molecule has 1 aromatic carbocycles. The molecule has 0 aliphatic carbocycles. The predicted molar refractivity (Wildman–Crippen MR) is 73.6 cm³/mol. The Labute approximate surface area is 114 Å². The maximum absolute atomic E-state index is 11.9. The van der Waals surface area contributed by atoms with E-state index in [1.54, 1.807) is 12.1 Å².